The Balaban J connectivity index is 2.01. The molecule has 0 radical (unpaired) electrons. The van der Waals surface area contributed by atoms with Crippen molar-refractivity contribution in [3.8, 4) is 0 Å². The molecule has 0 saturated carbocycles. The maximum Gasteiger partial charge on any atom is 0.416 e. The van der Waals surface area contributed by atoms with Crippen molar-refractivity contribution in [3.05, 3.63) is 22.8 Å². The van der Waals surface area contributed by atoms with E-state index >= 15 is 0 Å². The highest BCUT2D eigenvalue weighted by Crippen LogP contribution is 2.32. The molecule has 1 saturated heterocycles. The van der Waals surface area contributed by atoms with E-state index in [0.717, 1.165) is 25.0 Å². The second-order valence-electron chi connectivity index (χ2n) is 4.50. The SMILES string of the molecule is FC(F)(F)c1cc(Cl)nc(NCC2CCOCC2)c1. The highest BCUT2D eigenvalue weighted by molar-refractivity contribution is 6.29. The standard InChI is InChI=1S/C12H14ClF3N2O/c13-10-5-9(12(14,15)16)6-11(18-10)17-7-8-1-3-19-4-2-8/h5-6,8H,1-4,7H2,(H,17,18). The minimum Gasteiger partial charge on any atom is -0.381 e. The number of hydrogen-bond acceptors (Lipinski definition) is 3. The fraction of sp³-hybridized carbons (Fsp3) is 0.583. The van der Waals surface area contributed by atoms with E-state index in [-0.39, 0.29) is 11.0 Å². The Kier molecular flexibility index (Phi) is 4.52. The summed E-state index contributed by atoms with van der Waals surface area (Å²) in [5.74, 6) is 0.551. The average molecular weight is 295 g/mol. The van der Waals surface area contributed by atoms with Crippen LogP contribution in [0.25, 0.3) is 0 Å². The van der Waals surface area contributed by atoms with Gasteiger partial charge < -0.3 is 10.1 Å². The third-order valence-corrected chi connectivity index (χ3v) is 3.23. The molecule has 1 aromatic rings. The summed E-state index contributed by atoms with van der Waals surface area (Å²) in [4.78, 5) is 3.85. The zero-order chi connectivity index (χ0) is 13.9. The Morgan fingerprint density at radius 2 is 2.00 bits per heavy atom. The molecule has 0 unspecified atom stereocenters. The smallest absolute Gasteiger partial charge is 0.381 e. The van der Waals surface area contributed by atoms with Gasteiger partial charge in [-0.1, -0.05) is 11.6 Å². The fourth-order valence-electron chi connectivity index (χ4n) is 1.95. The topological polar surface area (TPSA) is 34.2 Å². The second kappa shape index (κ2) is 5.96. The summed E-state index contributed by atoms with van der Waals surface area (Å²) in [6, 6.07) is 1.80. The molecule has 0 aromatic carbocycles. The maximum absolute atomic E-state index is 12.6. The lowest BCUT2D eigenvalue weighted by molar-refractivity contribution is -0.137. The first-order valence-corrected chi connectivity index (χ1v) is 6.39. The van der Waals surface area contributed by atoms with Crippen molar-refractivity contribution < 1.29 is 17.9 Å². The summed E-state index contributed by atoms with van der Waals surface area (Å²) in [5.41, 5.74) is -0.790. The summed E-state index contributed by atoms with van der Waals surface area (Å²) in [6.45, 7) is 1.97. The first kappa shape index (κ1) is 14.4. The first-order chi connectivity index (χ1) is 8.95. The maximum atomic E-state index is 12.6. The van der Waals surface area contributed by atoms with Crippen molar-refractivity contribution in [3.63, 3.8) is 0 Å². The minimum atomic E-state index is -4.41. The third kappa shape index (κ3) is 4.24. The molecule has 1 N–H and O–H groups in total. The molecule has 0 bridgehead atoms. The van der Waals surface area contributed by atoms with Crippen LogP contribution >= 0.6 is 11.6 Å². The zero-order valence-electron chi connectivity index (χ0n) is 10.1. The molecule has 0 spiro atoms. The Morgan fingerprint density at radius 1 is 1.32 bits per heavy atom. The molecule has 1 aromatic heterocycles. The van der Waals surface area contributed by atoms with E-state index < -0.39 is 11.7 Å². The number of alkyl halides is 3. The fourth-order valence-corrected chi connectivity index (χ4v) is 2.16. The van der Waals surface area contributed by atoms with E-state index in [0.29, 0.717) is 25.7 Å². The van der Waals surface area contributed by atoms with Crippen molar-refractivity contribution in [2.45, 2.75) is 19.0 Å². The van der Waals surface area contributed by atoms with Gasteiger partial charge in [-0.15, -0.1) is 0 Å². The Hall–Kier alpha value is -1.01. The summed E-state index contributed by atoms with van der Waals surface area (Å²) in [7, 11) is 0. The van der Waals surface area contributed by atoms with Gasteiger partial charge in [-0.25, -0.2) is 4.98 Å². The zero-order valence-corrected chi connectivity index (χ0v) is 10.9. The number of rotatable bonds is 3. The number of nitrogens with zero attached hydrogens (tertiary/aromatic N) is 1. The molecule has 1 aliphatic heterocycles. The lowest BCUT2D eigenvalue weighted by Gasteiger charge is -2.22. The first-order valence-electron chi connectivity index (χ1n) is 6.01. The van der Waals surface area contributed by atoms with Gasteiger partial charge >= 0.3 is 6.18 Å². The molecular weight excluding hydrogens is 281 g/mol. The van der Waals surface area contributed by atoms with Crippen molar-refractivity contribution in [2.24, 2.45) is 5.92 Å². The molecule has 7 heteroatoms. The Morgan fingerprint density at radius 3 is 2.63 bits per heavy atom. The molecule has 1 fully saturated rings. The van der Waals surface area contributed by atoms with Crippen LogP contribution in [-0.4, -0.2) is 24.7 Å². The lowest BCUT2D eigenvalue weighted by atomic mass is 10.0. The van der Waals surface area contributed by atoms with Crippen molar-refractivity contribution in [1.82, 2.24) is 4.98 Å². The highest BCUT2D eigenvalue weighted by Gasteiger charge is 2.31. The van der Waals surface area contributed by atoms with E-state index in [1.165, 1.54) is 0 Å². The molecule has 19 heavy (non-hydrogen) atoms. The Labute approximate surface area is 114 Å². The quantitative estimate of drug-likeness (QED) is 0.865. The van der Waals surface area contributed by atoms with Crippen LogP contribution in [0, 0.1) is 5.92 Å². The molecule has 1 aliphatic rings. The molecule has 106 valence electrons. The van der Waals surface area contributed by atoms with Gasteiger partial charge in [0.05, 0.1) is 5.56 Å². The summed E-state index contributed by atoms with van der Waals surface area (Å²) >= 11 is 5.61. The molecule has 0 aliphatic carbocycles. The van der Waals surface area contributed by atoms with Crippen LogP contribution in [0.3, 0.4) is 0 Å². The number of pyridine rings is 1. The number of aromatic nitrogens is 1. The minimum absolute atomic E-state index is 0.159. The van der Waals surface area contributed by atoms with Crippen LogP contribution in [0.2, 0.25) is 5.15 Å². The number of nitrogens with one attached hydrogen (secondary N) is 1. The van der Waals surface area contributed by atoms with Crippen molar-refractivity contribution in [1.29, 1.82) is 0 Å². The van der Waals surface area contributed by atoms with Crippen LogP contribution in [0.5, 0.6) is 0 Å². The number of halogens is 4. The van der Waals surface area contributed by atoms with Gasteiger partial charge in [-0.05, 0) is 30.9 Å². The van der Waals surface area contributed by atoms with Gasteiger partial charge in [0, 0.05) is 19.8 Å². The van der Waals surface area contributed by atoms with Crippen LogP contribution in [0.1, 0.15) is 18.4 Å². The summed E-state index contributed by atoms with van der Waals surface area (Å²) in [5, 5.41) is 2.75. The van der Waals surface area contributed by atoms with Crippen LogP contribution in [0.15, 0.2) is 12.1 Å². The summed E-state index contributed by atoms with van der Waals surface area (Å²) in [6.07, 6.45) is -2.61. The molecule has 2 heterocycles. The van der Waals surface area contributed by atoms with Gasteiger partial charge in [-0.3, -0.25) is 0 Å². The van der Waals surface area contributed by atoms with Gasteiger partial charge in [0.1, 0.15) is 11.0 Å². The highest BCUT2D eigenvalue weighted by atomic mass is 35.5. The average Bonchev–Trinajstić information content (AvgIpc) is 2.36. The van der Waals surface area contributed by atoms with Crippen LogP contribution in [-0.2, 0) is 10.9 Å². The van der Waals surface area contributed by atoms with Gasteiger partial charge in [-0.2, -0.15) is 13.2 Å². The van der Waals surface area contributed by atoms with Gasteiger partial charge in [0.15, 0.2) is 0 Å². The van der Waals surface area contributed by atoms with Crippen LogP contribution < -0.4 is 5.32 Å². The molecule has 2 rings (SSSR count). The number of anilines is 1. The van der Waals surface area contributed by atoms with E-state index in [1.54, 1.807) is 0 Å². The molecule has 0 amide bonds. The summed E-state index contributed by atoms with van der Waals surface area (Å²) < 4.78 is 43.1. The van der Waals surface area contributed by atoms with Crippen LogP contribution in [0.4, 0.5) is 19.0 Å². The predicted octanol–water partition coefficient (Wildman–Crippen LogP) is 3.59. The number of ether oxygens (including phenoxy) is 1. The van der Waals surface area contributed by atoms with E-state index in [2.05, 4.69) is 10.3 Å². The third-order valence-electron chi connectivity index (χ3n) is 3.03. The second-order valence-corrected chi connectivity index (χ2v) is 4.89. The monoisotopic (exact) mass is 294 g/mol. The van der Waals surface area contributed by atoms with E-state index in [1.807, 2.05) is 0 Å². The van der Waals surface area contributed by atoms with Gasteiger partial charge in [0.2, 0.25) is 0 Å². The molecule has 0 atom stereocenters. The Bertz CT molecular complexity index is 433. The molecular formula is C12H14ClF3N2O. The molecule has 3 nitrogen and oxygen atoms in total. The van der Waals surface area contributed by atoms with Crippen molar-refractivity contribution in [2.75, 3.05) is 25.1 Å². The lowest BCUT2D eigenvalue weighted by Crippen LogP contribution is -2.23. The largest absolute Gasteiger partial charge is 0.416 e. The normalized spacial score (nSPS) is 17.5. The van der Waals surface area contributed by atoms with Gasteiger partial charge in [0.25, 0.3) is 0 Å². The predicted molar refractivity (Wildman–Crippen MR) is 66.3 cm³/mol. The van der Waals surface area contributed by atoms with E-state index in [9.17, 15) is 13.2 Å². The van der Waals surface area contributed by atoms with E-state index in [4.69, 9.17) is 16.3 Å². The van der Waals surface area contributed by atoms with Crippen molar-refractivity contribution >= 4 is 17.4 Å². The number of hydrogen-bond donors (Lipinski definition) is 1.